The van der Waals surface area contributed by atoms with E-state index in [9.17, 15) is 0 Å². The third kappa shape index (κ3) is 4.42. The number of aromatic nitrogens is 3. The highest BCUT2D eigenvalue weighted by Crippen LogP contribution is 2.34. The van der Waals surface area contributed by atoms with Crippen LogP contribution in [0.15, 0.2) is 36.8 Å². The SMILES string of the molecule is C[Si](C)(C)CCOCn1cc(-c2cccc(Cl)c2)c2c(Cl)ncnc21. The molecule has 0 fully saturated rings. The first-order valence-corrected chi connectivity index (χ1v) is 12.6. The monoisotopic (exact) mass is 393 g/mol. The Morgan fingerprint density at radius 2 is 1.96 bits per heavy atom. The Balaban J connectivity index is 1.93. The van der Waals surface area contributed by atoms with Crippen molar-refractivity contribution in [2.45, 2.75) is 32.4 Å². The van der Waals surface area contributed by atoms with Gasteiger partial charge in [-0.3, -0.25) is 0 Å². The average molecular weight is 394 g/mol. The fraction of sp³-hybridized carbons (Fsp3) is 0.333. The zero-order chi connectivity index (χ0) is 18.0. The molecule has 0 saturated carbocycles. The Labute approximate surface area is 158 Å². The largest absolute Gasteiger partial charge is 0.361 e. The Morgan fingerprint density at radius 3 is 2.68 bits per heavy atom. The van der Waals surface area contributed by atoms with Gasteiger partial charge < -0.3 is 9.30 Å². The molecule has 0 aliphatic heterocycles. The van der Waals surface area contributed by atoms with Crippen molar-refractivity contribution in [2.24, 2.45) is 0 Å². The smallest absolute Gasteiger partial charge is 0.147 e. The summed E-state index contributed by atoms with van der Waals surface area (Å²) in [6.07, 6.45) is 3.48. The Morgan fingerprint density at radius 1 is 1.16 bits per heavy atom. The van der Waals surface area contributed by atoms with E-state index in [-0.39, 0.29) is 0 Å². The van der Waals surface area contributed by atoms with Gasteiger partial charge >= 0.3 is 0 Å². The van der Waals surface area contributed by atoms with E-state index in [1.807, 2.05) is 35.0 Å². The summed E-state index contributed by atoms with van der Waals surface area (Å²) in [6.45, 7) is 8.21. The van der Waals surface area contributed by atoms with Crippen LogP contribution in [-0.2, 0) is 11.5 Å². The van der Waals surface area contributed by atoms with Gasteiger partial charge in [0.1, 0.15) is 23.9 Å². The van der Waals surface area contributed by atoms with Crippen LogP contribution >= 0.6 is 23.2 Å². The first kappa shape index (κ1) is 18.4. The molecule has 2 heterocycles. The van der Waals surface area contributed by atoms with Crippen LogP contribution in [0.3, 0.4) is 0 Å². The van der Waals surface area contributed by atoms with E-state index >= 15 is 0 Å². The second-order valence-corrected chi connectivity index (χ2v) is 13.6. The molecule has 0 amide bonds. The molecule has 25 heavy (non-hydrogen) atoms. The van der Waals surface area contributed by atoms with Crippen molar-refractivity contribution in [2.75, 3.05) is 6.61 Å². The summed E-state index contributed by atoms with van der Waals surface area (Å²) in [5.74, 6) is 0. The quantitative estimate of drug-likeness (QED) is 0.305. The zero-order valence-corrected chi connectivity index (χ0v) is 17.1. The van der Waals surface area contributed by atoms with E-state index < -0.39 is 8.07 Å². The highest BCUT2D eigenvalue weighted by Gasteiger charge is 2.16. The maximum absolute atomic E-state index is 6.35. The fourth-order valence-electron chi connectivity index (χ4n) is 2.60. The Bertz CT molecular complexity index is 890. The predicted octanol–water partition coefficient (Wildman–Crippen LogP) is 5.72. The van der Waals surface area contributed by atoms with Crippen LogP contribution in [0, 0.1) is 0 Å². The molecule has 3 rings (SSSR count). The summed E-state index contributed by atoms with van der Waals surface area (Å²) in [5.41, 5.74) is 2.70. The van der Waals surface area contributed by atoms with Crippen LogP contribution in [0.2, 0.25) is 35.9 Å². The van der Waals surface area contributed by atoms with Crippen LogP contribution in [0.1, 0.15) is 0 Å². The lowest BCUT2D eigenvalue weighted by Crippen LogP contribution is -2.22. The van der Waals surface area contributed by atoms with Crippen LogP contribution < -0.4 is 0 Å². The van der Waals surface area contributed by atoms with E-state index in [0.29, 0.717) is 16.9 Å². The van der Waals surface area contributed by atoms with Crippen LogP contribution in [-0.4, -0.2) is 29.2 Å². The molecule has 0 aliphatic rings. The average Bonchev–Trinajstić information content (AvgIpc) is 2.91. The first-order valence-electron chi connectivity index (χ1n) is 8.18. The summed E-state index contributed by atoms with van der Waals surface area (Å²) in [5, 5.41) is 1.93. The molecule has 3 aromatic rings. The lowest BCUT2D eigenvalue weighted by molar-refractivity contribution is 0.0899. The molecule has 2 aromatic heterocycles. The van der Waals surface area contributed by atoms with Crippen molar-refractivity contribution < 1.29 is 4.74 Å². The molecule has 0 saturated heterocycles. The number of hydrogen-bond acceptors (Lipinski definition) is 3. The number of rotatable bonds is 6. The van der Waals surface area contributed by atoms with E-state index in [2.05, 4.69) is 29.6 Å². The number of benzene rings is 1. The normalized spacial score (nSPS) is 12.0. The predicted molar refractivity (Wildman–Crippen MR) is 107 cm³/mol. The van der Waals surface area contributed by atoms with Gasteiger partial charge in [-0.25, -0.2) is 9.97 Å². The number of ether oxygens (including phenoxy) is 1. The van der Waals surface area contributed by atoms with Crippen molar-refractivity contribution >= 4 is 42.3 Å². The summed E-state index contributed by atoms with van der Waals surface area (Å²) in [7, 11) is -1.11. The second kappa shape index (κ2) is 7.46. The minimum absolute atomic E-state index is 0.431. The van der Waals surface area contributed by atoms with Gasteiger partial charge in [-0.1, -0.05) is 55.0 Å². The van der Waals surface area contributed by atoms with Gasteiger partial charge in [-0.05, 0) is 23.7 Å². The standard InChI is InChI=1S/C18H21Cl2N3OSi/c1-25(2,3)8-7-24-12-23-10-15(13-5-4-6-14(19)9-13)16-17(20)21-11-22-18(16)23/h4-6,9-11H,7-8,12H2,1-3H3. The number of hydrogen-bond donors (Lipinski definition) is 0. The van der Waals surface area contributed by atoms with Gasteiger partial charge in [-0.2, -0.15) is 0 Å². The highest BCUT2D eigenvalue weighted by atomic mass is 35.5. The summed E-state index contributed by atoms with van der Waals surface area (Å²) >= 11 is 12.5. The number of fused-ring (bicyclic) bond motifs is 1. The van der Waals surface area contributed by atoms with Crippen LogP contribution in [0.5, 0.6) is 0 Å². The minimum atomic E-state index is -1.11. The van der Waals surface area contributed by atoms with E-state index in [1.165, 1.54) is 6.33 Å². The molecule has 0 atom stereocenters. The van der Waals surface area contributed by atoms with Crippen molar-refractivity contribution in [1.29, 1.82) is 0 Å². The Kier molecular flexibility index (Phi) is 5.48. The summed E-state index contributed by atoms with van der Waals surface area (Å²) in [6, 6.07) is 8.81. The molecular weight excluding hydrogens is 373 g/mol. The van der Waals surface area contributed by atoms with Gasteiger partial charge in [0.25, 0.3) is 0 Å². The van der Waals surface area contributed by atoms with Gasteiger partial charge in [0.2, 0.25) is 0 Å². The molecule has 0 aliphatic carbocycles. The third-order valence-corrected chi connectivity index (χ3v) is 6.20. The second-order valence-electron chi connectivity index (χ2n) is 7.23. The summed E-state index contributed by atoms with van der Waals surface area (Å²) in [4.78, 5) is 8.53. The zero-order valence-electron chi connectivity index (χ0n) is 14.6. The molecule has 1 aromatic carbocycles. The summed E-state index contributed by atoms with van der Waals surface area (Å²) < 4.78 is 7.86. The topological polar surface area (TPSA) is 39.9 Å². The van der Waals surface area contributed by atoms with Crippen molar-refractivity contribution in [3.8, 4) is 11.1 Å². The van der Waals surface area contributed by atoms with Crippen molar-refractivity contribution in [3.63, 3.8) is 0 Å². The molecular formula is C18H21Cl2N3OSi. The molecule has 0 spiro atoms. The van der Waals surface area contributed by atoms with Gasteiger partial charge in [-0.15, -0.1) is 0 Å². The van der Waals surface area contributed by atoms with E-state index in [4.69, 9.17) is 27.9 Å². The molecule has 0 N–H and O–H groups in total. The molecule has 0 radical (unpaired) electrons. The lowest BCUT2D eigenvalue weighted by atomic mass is 10.1. The maximum atomic E-state index is 6.35. The lowest BCUT2D eigenvalue weighted by Gasteiger charge is -2.15. The Hall–Kier alpha value is -1.40. The first-order chi connectivity index (χ1) is 11.8. The van der Waals surface area contributed by atoms with Crippen molar-refractivity contribution in [1.82, 2.24) is 14.5 Å². The highest BCUT2D eigenvalue weighted by molar-refractivity contribution is 6.76. The minimum Gasteiger partial charge on any atom is -0.361 e. The molecule has 0 unspecified atom stereocenters. The van der Waals surface area contributed by atoms with E-state index in [0.717, 1.165) is 34.8 Å². The molecule has 7 heteroatoms. The van der Waals surface area contributed by atoms with Crippen LogP contribution in [0.25, 0.3) is 22.2 Å². The maximum Gasteiger partial charge on any atom is 0.147 e. The van der Waals surface area contributed by atoms with Gasteiger partial charge in [0, 0.05) is 31.5 Å². The number of nitrogens with zero attached hydrogens (tertiary/aromatic N) is 3. The van der Waals surface area contributed by atoms with E-state index in [1.54, 1.807) is 0 Å². The van der Waals surface area contributed by atoms with Crippen molar-refractivity contribution in [3.05, 3.63) is 47.0 Å². The van der Waals surface area contributed by atoms with Crippen LogP contribution in [0.4, 0.5) is 0 Å². The fourth-order valence-corrected chi connectivity index (χ4v) is 3.78. The number of halogens is 2. The third-order valence-electron chi connectivity index (χ3n) is 3.97. The molecule has 4 nitrogen and oxygen atoms in total. The van der Waals surface area contributed by atoms with Gasteiger partial charge in [0.05, 0.1) is 5.39 Å². The molecule has 132 valence electrons. The molecule has 0 bridgehead atoms. The van der Waals surface area contributed by atoms with Gasteiger partial charge in [0.15, 0.2) is 0 Å².